The number of carboxylic acid groups (broad SMARTS) is 2. The van der Waals surface area contributed by atoms with E-state index in [4.69, 9.17) is 9.25 Å². The number of nitrogens with zero attached hydrogens (tertiary/aromatic N) is 1. The van der Waals surface area contributed by atoms with Gasteiger partial charge in [-0.15, -0.1) is 5.06 Å². The number of benzene rings is 3. The number of aliphatic carboxylic acids is 1. The molecule has 3 aliphatic rings. The summed E-state index contributed by atoms with van der Waals surface area (Å²) in [5.41, 5.74) is 0.541. The van der Waals surface area contributed by atoms with E-state index in [9.17, 15) is 58.5 Å². The number of hydrogen-bond acceptors (Lipinski definition) is 13. The zero-order chi connectivity index (χ0) is 39.8. The van der Waals surface area contributed by atoms with Gasteiger partial charge in [-0.05, 0) is 42.0 Å². The van der Waals surface area contributed by atoms with Gasteiger partial charge in [0.25, 0.3) is 17.7 Å². The van der Waals surface area contributed by atoms with Gasteiger partial charge in [0.15, 0.2) is 5.43 Å². The van der Waals surface area contributed by atoms with Gasteiger partial charge >= 0.3 is 17.9 Å². The standard InChI is InChI=1S/C36H32N4O14S/c41-19-2-5-22-26(14-19)53-27-15-20(42)3-6-23(27)33(22)21-4-1-18(13-24(21)36(51)52)34(49)37-10-11-38-35(50)25(16-31(46)47)39-28(43)17-55-12-9-32(48)54-40-29(44)7-8-30(40)45/h1-6,13-15,25,41H,7-12,16-17H2,(H,37,49)(H,38,50)(H,39,43)(H,46,47)(H,51,52)/t25-/m0/s1. The smallest absolute Gasteiger partial charge is 0.336 e. The van der Waals surface area contributed by atoms with Crippen molar-refractivity contribution in [1.29, 1.82) is 0 Å². The highest BCUT2D eigenvalue weighted by Gasteiger charge is 2.33. The summed E-state index contributed by atoms with van der Waals surface area (Å²) in [5, 5.41) is 37.5. The first-order valence-corrected chi connectivity index (χ1v) is 17.7. The van der Waals surface area contributed by atoms with Gasteiger partial charge in [-0.1, -0.05) is 6.07 Å². The molecule has 2 aromatic rings. The highest BCUT2D eigenvalue weighted by molar-refractivity contribution is 7.99. The lowest BCUT2D eigenvalue weighted by molar-refractivity contribution is -0.197. The van der Waals surface area contributed by atoms with Crippen molar-refractivity contribution < 1.29 is 62.9 Å². The molecule has 1 aliphatic carbocycles. The van der Waals surface area contributed by atoms with E-state index < -0.39 is 59.9 Å². The maximum absolute atomic E-state index is 13.0. The largest absolute Gasteiger partial charge is 0.508 e. The number of hydroxylamine groups is 2. The molecule has 1 saturated heterocycles. The van der Waals surface area contributed by atoms with Gasteiger partial charge < -0.3 is 40.5 Å². The van der Waals surface area contributed by atoms with E-state index in [1.165, 1.54) is 48.5 Å². The maximum atomic E-state index is 13.0. The summed E-state index contributed by atoms with van der Waals surface area (Å²) in [6, 6.07) is 10.8. The number of amides is 5. The Morgan fingerprint density at radius 3 is 2.29 bits per heavy atom. The number of phenols is 1. The van der Waals surface area contributed by atoms with Crippen LogP contribution in [-0.4, -0.2) is 98.5 Å². The third-order valence-corrected chi connectivity index (χ3v) is 9.04. The lowest BCUT2D eigenvalue weighted by atomic mass is 9.90. The van der Waals surface area contributed by atoms with Crippen LogP contribution in [0.5, 0.6) is 5.75 Å². The molecule has 2 heterocycles. The monoisotopic (exact) mass is 776 g/mol. The first-order valence-electron chi connectivity index (χ1n) is 16.5. The van der Waals surface area contributed by atoms with E-state index in [0.29, 0.717) is 21.6 Å². The number of hydrogen-bond donors (Lipinski definition) is 6. The Morgan fingerprint density at radius 2 is 1.58 bits per heavy atom. The highest BCUT2D eigenvalue weighted by atomic mass is 32.2. The second-order valence-corrected chi connectivity index (χ2v) is 13.1. The average Bonchev–Trinajstić information content (AvgIpc) is 3.45. The molecule has 0 spiro atoms. The highest BCUT2D eigenvalue weighted by Crippen LogP contribution is 2.42. The molecule has 18 nitrogen and oxygen atoms in total. The van der Waals surface area contributed by atoms with E-state index in [1.807, 2.05) is 0 Å². The summed E-state index contributed by atoms with van der Waals surface area (Å²) in [6.07, 6.45) is -1.12. The molecule has 0 unspecified atom stereocenters. The first-order chi connectivity index (χ1) is 26.2. The van der Waals surface area contributed by atoms with Crippen LogP contribution in [-0.2, 0) is 33.6 Å². The second kappa shape index (κ2) is 17.4. The molecule has 286 valence electrons. The lowest BCUT2D eigenvalue weighted by Crippen LogP contribution is -2.49. The van der Waals surface area contributed by atoms with Gasteiger partial charge in [0.2, 0.25) is 11.8 Å². The molecule has 19 heteroatoms. The van der Waals surface area contributed by atoms with Crippen LogP contribution in [0.4, 0.5) is 0 Å². The molecule has 6 N–H and O–H groups in total. The fraction of sp³-hybridized carbons (Fsp3) is 0.250. The molecule has 0 aromatic heterocycles. The molecular weight excluding hydrogens is 744 g/mol. The molecule has 0 saturated carbocycles. The lowest BCUT2D eigenvalue weighted by Gasteiger charge is -2.18. The SMILES string of the molecule is O=C(O)C[C@H](NC(=O)CSCCC(=O)ON1C(=O)CCC1=O)C(=O)NCCNC(=O)c1ccc(-c2c3ccc(=O)cc-3oc3cc(O)ccc23)c(C(=O)O)c1. The summed E-state index contributed by atoms with van der Waals surface area (Å²) < 4.78 is 5.82. The van der Waals surface area contributed by atoms with E-state index in [1.54, 1.807) is 0 Å². The third-order valence-electron chi connectivity index (χ3n) is 8.08. The van der Waals surface area contributed by atoms with Crippen LogP contribution in [0.3, 0.4) is 0 Å². The number of carbonyl (C=O) groups is 8. The molecule has 0 radical (unpaired) electrons. The van der Waals surface area contributed by atoms with Crippen molar-refractivity contribution in [2.75, 3.05) is 24.6 Å². The van der Waals surface area contributed by atoms with Gasteiger partial charge in [0.05, 0.1) is 24.2 Å². The van der Waals surface area contributed by atoms with E-state index >= 15 is 0 Å². The molecule has 1 atom stereocenters. The Labute approximate surface area is 314 Å². The zero-order valence-electron chi connectivity index (χ0n) is 28.6. The Bertz CT molecular complexity index is 2240. The van der Waals surface area contributed by atoms with Crippen LogP contribution in [0.2, 0.25) is 0 Å². The number of thioether (sulfide) groups is 1. The number of rotatable bonds is 16. The predicted octanol–water partition coefficient (Wildman–Crippen LogP) is 1.50. The molecule has 1 fully saturated rings. The zero-order valence-corrected chi connectivity index (χ0v) is 29.4. The van der Waals surface area contributed by atoms with E-state index in [0.717, 1.165) is 17.8 Å². The maximum Gasteiger partial charge on any atom is 0.336 e. The number of aromatic carboxylic acids is 1. The van der Waals surface area contributed by atoms with Crippen LogP contribution in [0.15, 0.2) is 63.8 Å². The summed E-state index contributed by atoms with van der Waals surface area (Å²) in [7, 11) is 0. The van der Waals surface area contributed by atoms with Crippen LogP contribution < -0.4 is 21.4 Å². The Morgan fingerprint density at radius 1 is 0.873 bits per heavy atom. The van der Waals surface area contributed by atoms with Crippen LogP contribution in [0, 0.1) is 0 Å². The van der Waals surface area contributed by atoms with Gasteiger partial charge in [0.1, 0.15) is 23.1 Å². The minimum atomic E-state index is -1.48. The number of nitrogens with one attached hydrogen (secondary N) is 3. The summed E-state index contributed by atoms with van der Waals surface area (Å²) in [5.74, 6) is -7.32. The quantitative estimate of drug-likeness (QED) is 0.0535. The van der Waals surface area contributed by atoms with Gasteiger partial charge in [0, 0.05) is 65.9 Å². The average molecular weight is 777 g/mol. The second-order valence-electron chi connectivity index (χ2n) is 12.0. The normalized spacial score (nSPS) is 13.1. The molecule has 5 rings (SSSR count). The number of aromatic hydroxyl groups is 1. The van der Waals surface area contributed by atoms with Crippen molar-refractivity contribution in [3.8, 4) is 28.2 Å². The van der Waals surface area contributed by atoms with Crippen LogP contribution in [0.25, 0.3) is 33.4 Å². The molecule has 2 aromatic carbocycles. The van der Waals surface area contributed by atoms with E-state index in [-0.39, 0.29) is 83.1 Å². The first kappa shape index (κ1) is 39.4. The number of carboxylic acids is 2. The van der Waals surface area contributed by atoms with Crippen LogP contribution in [0.1, 0.15) is 46.4 Å². The fourth-order valence-electron chi connectivity index (χ4n) is 5.56. The minimum absolute atomic E-state index is 0.0407. The van der Waals surface area contributed by atoms with Crippen molar-refractivity contribution in [2.45, 2.75) is 31.7 Å². The Hall–Kier alpha value is -6.76. The summed E-state index contributed by atoms with van der Waals surface area (Å²) in [6.45, 7) is -0.362. The van der Waals surface area contributed by atoms with Crippen molar-refractivity contribution in [1.82, 2.24) is 21.0 Å². The number of imide groups is 1. The minimum Gasteiger partial charge on any atom is -0.508 e. The van der Waals surface area contributed by atoms with Crippen molar-refractivity contribution in [2.24, 2.45) is 0 Å². The van der Waals surface area contributed by atoms with Crippen molar-refractivity contribution in [3.63, 3.8) is 0 Å². The molecule has 5 amide bonds. The fourth-order valence-corrected chi connectivity index (χ4v) is 6.29. The Balaban J connectivity index is 1.16. The number of phenolic OH excluding ortho intramolecular Hbond substituents is 1. The molecule has 55 heavy (non-hydrogen) atoms. The van der Waals surface area contributed by atoms with E-state index in [2.05, 4.69) is 16.0 Å². The molecule has 0 bridgehead atoms. The topological polar surface area (TPSA) is 276 Å². The van der Waals surface area contributed by atoms with Crippen LogP contribution >= 0.6 is 11.8 Å². The van der Waals surface area contributed by atoms with Gasteiger partial charge in [-0.3, -0.25) is 33.6 Å². The third kappa shape index (κ3) is 9.82. The Kier molecular flexibility index (Phi) is 12.5. The van der Waals surface area contributed by atoms with Crippen molar-refractivity contribution >= 4 is 70.2 Å². The van der Waals surface area contributed by atoms with Gasteiger partial charge in [-0.2, -0.15) is 11.8 Å². The number of fused-ring (bicyclic) bond motifs is 2. The predicted molar refractivity (Wildman–Crippen MR) is 192 cm³/mol. The molecule has 2 aliphatic heterocycles. The summed E-state index contributed by atoms with van der Waals surface area (Å²) >= 11 is 0.959. The molecular formula is C36H32N4O14S. The summed E-state index contributed by atoms with van der Waals surface area (Å²) in [4.78, 5) is 114. The van der Waals surface area contributed by atoms with Gasteiger partial charge in [-0.25, -0.2) is 9.59 Å². The van der Waals surface area contributed by atoms with Crippen molar-refractivity contribution in [3.05, 3.63) is 75.9 Å². The number of carbonyl (C=O) groups excluding carboxylic acids is 6.